The fourth-order valence-corrected chi connectivity index (χ4v) is 3.20. The lowest BCUT2D eigenvalue weighted by molar-refractivity contribution is -0.121. The van der Waals surface area contributed by atoms with Gasteiger partial charge in [-0.25, -0.2) is 8.42 Å². The van der Waals surface area contributed by atoms with E-state index in [0.29, 0.717) is 11.3 Å². The molecule has 1 amide bonds. The van der Waals surface area contributed by atoms with E-state index < -0.39 is 10.0 Å². The van der Waals surface area contributed by atoms with Gasteiger partial charge in [-0.2, -0.15) is 0 Å². The Morgan fingerprint density at radius 1 is 1.00 bits per heavy atom. The lowest BCUT2D eigenvalue weighted by Crippen LogP contribution is -2.23. The molecule has 2 aromatic rings. The van der Waals surface area contributed by atoms with Crippen LogP contribution in [0.15, 0.2) is 42.5 Å². The largest absolute Gasteiger partial charge is 0.352 e. The standard InChI is InChI=1S/C20H24N2O4S/c1-14-7-8-15(2)18(11-14)19(23)9-10-20(24)21-13-16-5-4-6-17(12-16)22-27(3,25)26/h4-8,11-12,22H,9-10,13H2,1-3H3,(H,21,24). The molecule has 0 saturated heterocycles. The summed E-state index contributed by atoms with van der Waals surface area (Å²) in [6.07, 6.45) is 1.33. The van der Waals surface area contributed by atoms with Crippen molar-refractivity contribution in [1.82, 2.24) is 5.32 Å². The second-order valence-corrected chi connectivity index (χ2v) is 8.34. The van der Waals surface area contributed by atoms with E-state index in [1.165, 1.54) is 0 Å². The van der Waals surface area contributed by atoms with Gasteiger partial charge in [0, 0.05) is 30.6 Å². The molecule has 0 aliphatic rings. The lowest BCUT2D eigenvalue weighted by Gasteiger charge is -2.09. The van der Waals surface area contributed by atoms with Crippen LogP contribution in [-0.4, -0.2) is 26.4 Å². The highest BCUT2D eigenvalue weighted by Gasteiger charge is 2.12. The molecule has 0 atom stereocenters. The van der Waals surface area contributed by atoms with Gasteiger partial charge in [0.15, 0.2) is 5.78 Å². The normalized spacial score (nSPS) is 11.1. The number of ketones is 1. The molecule has 144 valence electrons. The maximum absolute atomic E-state index is 12.3. The van der Waals surface area contributed by atoms with Crippen molar-refractivity contribution in [1.29, 1.82) is 0 Å². The Bertz CT molecular complexity index is 952. The quantitative estimate of drug-likeness (QED) is 0.680. The summed E-state index contributed by atoms with van der Waals surface area (Å²) >= 11 is 0. The van der Waals surface area contributed by atoms with Gasteiger partial charge in [0.1, 0.15) is 0 Å². The van der Waals surface area contributed by atoms with E-state index in [-0.39, 0.29) is 31.1 Å². The molecule has 0 spiro atoms. The smallest absolute Gasteiger partial charge is 0.229 e. The van der Waals surface area contributed by atoms with Gasteiger partial charge < -0.3 is 5.32 Å². The zero-order valence-electron chi connectivity index (χ0n) is 15.7. The molecule has 2 N–H and O–H groups in total. The number of carbonyl (C=O) groups excluding carboxylic acids is 2. The topological polar surface area (TPSA) is 92.3 Å². The van der Waals surface area contributed by atoms with Gasteiger partial charge in [-0.15, -0.1) is 0 Å². The molecule has 0 unspecified atom stereocenters. The predicted molar refractivity (Wildman–Crippen MR) is 106 cm³/mol. The molecule has 6 nitrogen and oxygen atoms in total. The first-order chi connectivity index (χ1) is 12.6. The summed E-state index contributed by atoms with van der Waals surface area (Å²) in [4.78, 5) is 24.4. The van der Waals surface area contributed by atoms with Crippen molar-refractivity contribution in [2.45, 2.75) is 33.2 Å². The Morgan fingerprint density at radius 3 is 2.44 bits per heavy atom. The first kappa shape index (κ1) is 20.6. The Kier molecular flexibility index (Phi) is 6.74. The molecule has 0 aromatic heterocycles. The second kappa shape index (κ2) is 8.81. The molecule has 0 bridgehead atoms. The SMILES string of the molecule is Cc1ccc(C)c(C(=O)CCC(=O)NCc2cccc(NS(C)(=O)=O)c2)c1. The van der Waals surface area contributed by atoms with Crippen LogP contribution in [0.3, 0.4) is 0 Å². The van der Waals surface area contributed by atoms with Gasteiger partial charge >= 0.3 is 0 Å². The van der Waals surface area contributed by atoms with Crippen molar-refractivity contribution < 1.29 is 18.0 Å². The van der Waals surface area contributed by atoms with Gasteiger partial charge in [-0.05, 0) is 43.2 Å². The number of benzene rings is 2. The summed E-state index contributed by atoms with van der Waals surface area (Å²) < 4.78 is 24.9. The molecular formula is C20H24N2O4S. The van der Waals surface area contributed by atoms with Crippen molar-refractivity contribution in [3.05, 3.63) is 64.7 Å². The van der Waals surface area contributed by atoms with Gasteiger partial charge in [-0.3, -0.25) is 14.3 Å². The van der Waals surface area contributed by atoms with Crippen LogP contribution in [0.5, 0.6) is 0 Å². The summed E-state index contributed by atoms with van der Waals surface area (Å²) in [6, 6.07) is 12.5. The molecule has 0 saturated carbocycles. The molecule has 2 aromatic carbocycles. The van der Waals surface area contributed by atoms with Gasteiger partial charge in [0.05, 0.1) is 6.26 Å². The van der Waals surface area contributed by atoms with Gasteiger partial charge in [-0.1, -0.05) is 29.8 Å². The molecule has 2 rings (SSSR count). The van der Waals surface area contributed by atoms with Crippen LogP contribution < -0.4 is 10.0 Å². The number of aryl methyl sites for hydroxylation is 2. The lowest BCUT2D eigenvalue weighted by atomic mass is 9.99. The molecule has 0 radical (unpaired) electrons. The fraction of sp³-hybridized carbons (Fsp3) is 0.300. The first-order valence-electron chi connectivity index (χ1n) is 8.58. The first-order valence-corrected chi connectivity index (χ1v) is 10.5. The van der Waals surface area contributed by atoms with Crippen molar-refractivity contribution in [2.24, 2.45) is 0 Å². The van der Waals surface area contributed by atoms with Gasteiger partial charge in [0.2, 0.25) is 15.9 Å². The third-order valence-corrected chi connectivity index (χ3v) is 4.60. The fourth-order valence-electron chi connectivity index (χ4n) is 2.65. The number of carbonyl (C=O) groups is 2. The van der Waals surface area contributed by atoms with E-state index in [2.05, 4.69) is 10.0 Å². The maximum atomic E-state index is 12.3. The van der Waals surface area contributed by atoms with Gasteiger partial charge in [0.25, 0.3) is 0 Å². The van der Waals surface area contributed by atoms with E-state index in [9.17, 15) is 18.0 Å². The molecular weight excluding hydrogens is 364 g/mol. The highest BCUT2D eigenvalue weighted by molar-refractivity contribution is 7.92. The number of amides is 1. The van der Waals surface area contributed by atoms with Crippen LogP contribution in [0.1, 0.15) is 39.9 Å². The predicted octanol–water partition coefficient (Wildman–Crippen LogP) is 2.95. The van der Waals surface area contributed by atoms with Crippen LogP contribution in [-0.2, 0) is 21.4 Å². The molecule has 0 aliphatic carbocycles. The van der Waals surface area contributed by atoms with Crippen molar-refractivity contribution in [3.8, 4) is 0 Å². The van der Waals surface area contributed by atoms with Crippen LogP contribution in [0.4, 0.5) is 5.69 Å². The van der Waals surface area contributed by atoms with Crippen molar-refractivity contribution in [3.63, 3.8) is 0 Å². The highest BCUT2D eigenvalue weighted by atomic mass is 32.2. The van der Waals surface area contributed by atoms with E-state index in [4.69, 9.17) is 0 Å². The maximum Gasteiger partial charge on any atom is 0.229 e. The van der Waals surface area contributed by atoms with E-state index in [1.54, 1.807) is 24.3 Å². The van der Waals surface area contributed by atoms with Crippen LogP contribution >= 0.6 is 0 Å². The third-order valence-electron chi connectivity index (χ3n) is 3.99. The van der Waals surface area contributed by atoms with E-state index >= 15 is 0 Å². The van der Waals surface area contributed by atoms with E-state index in [0.717, 1.165) is 22.9 Å². The zero-order chi connectivity index (χ0) is 20.0. The number of hydrogen-bond acceptors (Lipinski definition) is 4. The Balaban J connectivity index is 1.87. The summed E-state index contributed by atoms with van der Waals surface area (Å²) in [7, 11) is -3.35. The summed E-state index contributed by atoms with van der Waals surface area (Å²) in [5, 5.41) is 2.75. The minimum absolute atomic E-state index is 0.0503. The van der Waals surface area contributed by atoms with Crippen LogP contribution in [0, 0.1) is 13.8 Å². The molecule has 0 aliphatic heterocycles. The zero-order valence-corrected chi connectivity index (χ0v) is 16.5. The third kappa shape index (κ3) is 6.86. The monoisotopic (exact) mass is 388 g/mol. The number of Topliss-reactive ketones (excluding diaryl/α,β-unsaturated/α-hetero) is 1. The number of rotatable bonds is 8. The van der Waals surface area contributed by atoms with Crippen molar-refractivity contribution in [2.75, 3.05) is 11.0 Å². The minimum atomic E-state index is -3.35. The highest BCUT2D eigenvalue weighted by Crippen LogP contribution is 2.14. The summed E-state index contributed by atoms with van der Waals surface area (Å²) in [5.41, 5.74) is 3.77. The Morgan fingerprint density at radius 2 is 1.74 bits per heavy atom. The number of nitrogens with one attached hydrogen (secondary N) is 2. The molecule has 7 heteroatoms. The number of anilines is 1. The molecule has 27 heavy (non-hydrogen) atoms. The van der Waals surface area contributed by atoms with Crippen LogP contribution in [0.2, 0.25) is 0 Å². The summed E-state index contributed by atoms with van der Waals surface area (Å²) in [6.45, 7) is 4.07. The number of hydrogen-bond donors (Lipinski definition) is 2. The van der Waals surface area contributed by atoms with E-state index in [1.807, 2.05) is 32.0 Å². The molecule has 0 fully saturated rings. The van der Waals surface area contributed by atoms with Crippen LogP contribution in [0.25, 0.3) is 0 Å². The van der Waals surface area contributed by atoms with Crippen molar-refractivity contribution >= 4 is 27.4 Å². The molecule has 0 heterocycles. The average Bonchev–Trinajstić information content (AvgIpc) is 2.58. The minimum Gasteiger partial charge on any atom is -0.352 e. The Hall–Kier alpha value is -2.67. The average molecular weight is 388 g/mol. The Labute approximate surface area is 160 Å². The number of sulfonamides is 1. The second-order valence-electron chi connectivity index (χ2n) is 6.59. The summed E-state index contributed by atoms with van der Waals surface area (Å²) in [5.74, 6) is -0.277.